The van der Waals surface area contributed by atoms with E-state index < -0.39 is 52.5 Å². The Balaban J connectivity index is 1.49. The fourth-order valence-corrected chi connectivity index (χ4v) is 5.58. The number of amides is 3. The molecule has 0 saturated carbocycles. The molecular weight excluding hydrogens is 645 g/mol. The number of ether oxygens (including phenoxy) is 2. The number of fused-ring (bicyclic) bond motifs is 4. The lowest BCUT2D eigenvalue weighted by Gasteiger charge is -2.36. The first kappa shape index (κ1) is 32.1. The number of H-pyrrole nitrogens is 1. The van der Waals surface area contributed by atoms with Gasteiger partial charge in [-0.15, -0.1) is 0 Å². The minimum Gasteiger partial charge on any atom is -0.453 e. The number of alkyl halides is 3. The van der Waals surface area contributed by atoms with Crippen LogP contribution in [0.25, 0.3) is 11.3 Å². The second-order valence-corrected chi connectivity index (χ2v) is 10.9. The molecule has 0 aliphatic carbocycles. The third kappa shape index (κ3) is 6.86. The number of benzene rings is 2. The molecule has 2 bridgehead atoms. The second kappa shape index (κ2) is 13.0. The van der Waals surface area contributed by atoms with Crippen LogP contribution < -0.4 is 10.6 Å². The molecule has 5 rings (SSSR count). The number of anilines is 2. The van der Waals surface area contributed by atoms with Gasteiger partial charge in [0.1, 0.15) is 28.6 Å². The summed E-state index contributed by atoms with van der Waals surface area (Å²) in [4.78, 5) is 46.6. The Morgan fingerprint density at radius 3 is 2.67 bits per heavy atom. The molecule has 1 saturated heterocycles. The molecule has 16 heteroatoms. The van der Waals surface area contributed by atoms with E-state index in [4.69, 9.17) is 27.9 Å². The fourth-order valence-electron chi connectivity index (χ4n) is 5.17. The van der Waals surface area contributed by atoms with Gasteiger partial charge < -0.3 is 19.8 Å². The first-order chi connectivity index (χ1) is 21.4. The van der Waals surface area contributed by atoms with E-state index in [2.05, 4.69) is 25.3 Å². The maximum Gasteiger partial charge on any atom is 0.416 e. The van der Waals surface area contributed by atoms with Gasteiger partial charge in [0.15, 0.2) is 0 Å². The molecule has 0 radical (unpaired) electrons. The van der Waals surface area contributed by atoms with Gasteiger partial charge in [0.25, 0.3) is 0 Å². The molecule has 3 heterocycles. The van der Waals surface area contributed by atoms with Crippen molar-refractivity contribution in [1.29, 1.82) is 0 Å². The summed E-state index contributed by atoms with van der Waals surface area (Å²) >= 11 is 12.4. The van der Waals surface area contributed by atoms with Crippen molar-refractivity contribution in [3.05, 3.63) is 75.4 Å². The highest BCUT2D eigenvalue weighted by molar-refractivity contribution is 6.32. The van der Waals surface area contributed by atoms with Gasteiger partial charge in [-0.2, -0.15) is 13.2 Å². The number of rotatable bonds is 3. The van der Waals surface area contributed by atoms with E-state index >= 15 is 0 Å². The average Bonchev–Trinajstić information content (AvgIpc) is 3.36. The van der Waals surface area contributed by atoms with Gasteiger partial charge in [-0.05, 0) is 43.2 Å². The Morgan fingerprint density at radius 2 is 1.96 bits per heavy atom. The van der Waals surface area contributed by atoms with Crippen LogP contribution in [0.2, 0.25) is 10.2 Å². The molecule has 1 fully saturated rings. The van der Waals surface area contributed by atoms with Crippen molar-refractivity contribution in [3.63, 3.8) is 0 Å². The minimum atomic E-state index is -4.91. The highest BCUT2D eigenvalue weighted by Crippen LogP contribution is 2.43. The smallest absolute Gasteiger partial charge is 0.416 e. The van der Waals surface area contributed by atoms with Gasteiger partial charge in [-0.25, -0.2) is 19.0 Å². The molecule has 2 aliphatic heterocycles. The number of aromatic amines is 1. The van der Waals surface area contributed by atoms with Crippen molar-refractivity contribution in [1.82, 2.24) is 14.9 Å². The van der Waals surface area contributed by atoms with Crippen LogP contribution in [0.15, 0.2) is 42.5 Å². The number of halogens is 6. The number of nitrogens with one attached hydrogen (secondary N) is 3. The standard InChI is InChI=1S/C29H25Cl2F4N5O5/c1-44-27(42)36-14-7-8-15-18(13-14)37-21(41)6-4-2-3-5-19(26-38-24(15)25(31)39-26)40-12-11-20(45-28(40)43)22-16(29(33,34)35)9-10-17(30)23(22)32/h2-3,7-10,13,19-20H,4-6,11-12H2,1H3,(H,36,42)(H,37,41)(H,38,39)/b3-2+/t19-,20?/m0/s1. The van der Waals surface area contributed by atoms with Crippen molar-refractivity contribution in [3.8, 4) is 11.3 Å². The van der Waals surface area contributed by atoms with Crippen LogP contribution in [0.4, 0.5) is 38.5 Å². The van der Waals surface area contributed by atoms with E-state index in [9.17, 15) is 31.9 Å². The van der Waals surface area contributed by atoms with Gasteiger partial charge in [-0.3, -0.25) is 15.0 Å². The summed E-state index contributed by atoms with van der Waals surface area (Å²) in [6.07, 6.45) is -4.24. The summed E-state index contributed by atoms with van der Waals surface area (Å²) in [7, 11) is 1.20. The predicted molar refractivity (Wildman–Crippen MR) is 156 cm³/mol. The van der Waals surface area contributed by atoms with Crippen LogP contribution >= 0.6 is 23.2 Å². The molecule has 238 valence electrons. The first-order valence-corrected chi connectivity index (χ1v) is 14.3. The van der Waals surface area contributed by atoms with Gasteiger partial charge in [0, 0.05) is 36.2 Å². The summed E-state index contributed by atoms with van der Waals surface area (Å²) in [5.74, 6) is -1.40. The zero-order chi connectivity index (χ0) is 32.5. The molecule has 1 aromatic heterocycles. The number of methoxy groups -OCH3 is 1. The molecule has 3 amide bonds. The quantitative estimate of drug-likeness (QED) is 0.192. The number of cyclic esters (lactones) is 1. The van der Waals surface area contributed by atoms with E-state index in [1.165, 1.54) is 18.1 Å². The Kier molecular flexibility index (Phi) is 9.26. The first-order valence-electron chi connectivity index (χ1n) is 13.6. The maximum absolute atomic E-state index is 14.9. The van der Waals surface area contributed by atoms with Gasteiger partial charge in [0.2, 0.25) is 5.91 Å². The van der Waals surface area contributed by atoms with Crippen LogP contribution in [-0.2, 0) is 20.4 Å². The van der Waals surface area contributed by atoms with Crippen molar-refractivity contribution in [2.45, 2.75) is 44.0 Å². The number of imidazole rings is 1. The topological polar surface area (TPSA) is 126 Å². The highest BCUT2D eigenvalue weighted by Gasteiger charge is 2.42. The number of carbonyl (C=O) groups excluding carboxylic acids is 3. The Labute approximate surface area is 263 Å². The van der Waals surface area contributed by atoms with Gasteiger partial charge >= 0.3 is 18.4 Å². The van der Waals surface area contributed by atoms with E-state index in [0.717, 1.165) is 6.07 Å². The highest BCUT2D eigenvalue weighted by atomic mass is 35.5. The van der Waals surface area contributed by atoms with Crippen LogP contribution in [0, 0.1) is 5.82 Å². The van der Waals surface area contributed by atoms with Crippen molar-refractivity contribution < 1.29 is 41.4 Å². The third-order valence-electron chi connectivity index (χ3n) is 7.28. The predicted octanol–water partition coefficient (Wildman–Crippen LogP) is 8.02. The normalized spacial score (nSPS) is 19.7. The largest absolute Gasteiger partial charge is 0.453 e. The average molecular weight is 670 g/mol. The third-order valence-corrected chi connectivity index (χ3v) is 7.85. The summed E-state index contributed by atoms with van der Waals surface area (Å²) in [6, 6.07) is 5.27. The summed E-state index contributed by atoms with van der Waals surface area (Å²) < 4.78 is 66.1. The van der Waals surface area contributed by atoms with Crippen molar-refractivity contribution in [2.75, 3.05) is 24.3 Å². The van der Waals surface area contributed by atoms with Crippen LogP contribution in [0.5, 0.6) is 0 Å². The Hall–Kier alpha value is -4.30. The molecule has 2 atom stereocenters. The molecular formula is C29H25Cl2F4N5O5. The number of carbonyl (C=O) groups is 3. The Morgan fingerprint density at radius 1 is 1.18 bits per heavy atom. The molecule has 45 heavy (non-hydrogen) atoms. The monoisotopic (exact) mass is 669 g/mol. The molecule has 10 nitrogen and oxygen atoms in total. The molecule has 2 aliphatic rings. The SMILES string of the molecule is COC(=O)Nc1ccc2c(c1)NC(=O)CC/C=C/C[C@H](N1CCC(c3c(C(F)(F)F)ccc(Cl)c3F)OC1=O)c1nc-2c(Cl)[nH]1. The van der Waals surface area contributed by atoms with E-state index in [1.54, 1.807) is 24.3 Å². The Bertz CT molecular complexity index is 1680. The molecule has 3 aromatic rings. The molecule has 0 spiro atoms. The zero-order valence-electron chi connectivity index (χ0n) is 23.4. The lowest BCUT2D eigenvalue weighted by atomic mass is 9.97. The molecule has 3 N–H and O–H groups in total. The summed E-state index contributed by atoms with van der Waals surface area (Å²) in [5.41, 5.74) is -0.887. The second-order valence-electron chi connectivity index (χ2n) is 10.1. The minimum absolute atomic E-state index is 0.0688. The van der Waals surface area contributed by atoms with E-state index in [1.807, 2.05) is 0 Å². The van der Waals surface area contributed by atoms with E-state index in [-0.39, 0.29) is 54.1 Å². The number of allylic oxidation sites excluding steroid dienone is 1. The number of aromatic nitrogens is 2. The van der Waals surface area contributed by atoms with Crippen molar-refractivity contribution in [2.24, 2.45) is 0 Å². The number of hydrogen-bond donors (Lipinski definition) is 3. The molecule has 2 aromatic carbocycles. The lowest BCUT2D eigenvalue weighted by Crippen LogP contribution is -2.42. The molecule has 1 unspecified atom stereocenters. The fraction of sp³-hybridized carbons (Fsp3) is 0.310. The van der Waals surface area contributed by atoms with Gasteiger partial charge in [-0.1, -0.05) is 35.4 Å². The van der Waals surface area contributed by atoms with Crippen molar-refractivity contribution >= 4 is 52.7 Å². The van der Waals surface area contributed by atoms with Gasteiger partial charge in [0.05, 0.1) is 29.4 Å². The van der Waals surface area contributed by atoms with Crippen LogP contribution in [0.3, 0.4) is 0 Å². The lowest BCUT2D eigenvalue weighted by molar-refractivity contribution is -0.140. The van der Waals surface area contributed by atoms with E-state index in [0.29, 0.717) is 23.7 Å². The zero-order valence-corrected chi connectivity index (χ0v) is 24.9. The van der Waals surface area contributed by atoms with Crippen LogP contribution in [-0.4, -0.2) is 46.6 Å². The maximum atomic E-state index is 14.9. The summed E-state index contributed by atoms with van der Waals surface area (Å²) in [5, 5.41) is 4.86. The number of nitrogens with zero attached hydrogens (tertiary/aromatic N) is 2. The summed E-state index contributed by atoms with van der Waals surface area (Å²) in [6.45, 7) is -0.113. The van der Waals surface area contributed by atoms with Crippen LogP contribution in [0.1, 0.15) is 54.8 Å². The number of hydrogen-bond acceptors (Lipinski definition) is 6.